The summed E-state index contributed by atoms with van der Waals surface area (Å²) in [4.78, 5) is 25.8. The molecule has 3 aliphatic rings. The average molecular weight is 251 g/mol. The van der Waals surface area contributed by atoms with Crippen molar-refractivity contribution in [1.82, 2.24) is 15.5 Å². The summed E-state index contributed by atoms with van der Waals surface area (Å²) in [5.74, 6) is 1.31. The van der Waals surface area contributed by atoms with Crippen molar-refractivity contribution in [1.29, 1.82) is 0 Å². The van der Waals surface area contributed by atoms with E-state index in [2.05, 4.69) is 22.5 Å². The zero-order valence-corrected chi connectivity index (χ0v) is 10.8. The quantitative estimate of drug-likeness (QED) is 0.700. The van der Waals surface area contributed by atoms with Crippen LogP contribution < -0.4 is 10.6 Å². The van der Waals surface area contributed by atoms with Crippen LogP contribution in [-0.4, -0.2) is 48.9 Å². The minimum absolute atomic E-state index is 0.0162. The number of rotatable bonds is 2. The molecule has 0 saturated carbocycles. The fourth-order valence-corrected chi connectivity index (χ4v) is 3.81. The molecule has 0 aromatic carbocycles. The Labute approximate surface area is 107 Å². The smallest absolute Gasteiger partial charge is 0.228 e. The normalized spacial score (nSPS) is 38.9. The van der Waals surface area contributed by atoms with Crippen LogP contribution in [0.25, 0.3) is 0 Å². The molecular weight excluding hydrogens is 230 g/mol. The van der Waals surface area contributed by atoms with Crippen LogP contribution in [0.4, 0.5) is 0 Å². The summed E-state index contributed by atoms with van der Waals surface area (Å²) < 4.78 is 0. The fourth-order valence-electron chi connectivity index (χ4n) is 3.81. The van der Waals surface area contributed by atoms with Crippen molar-refractivity contribution in [2.45, 2.75) is 25.8 Å². The Morgan fingerprint density at radius 3 is 2.89 bits per heavy atom. The van der Waals surface area contributed by atoms with Crippen molar-refractivity contribution in [3.63, 3.8) is 0 Å². The van der Waals surface area contributed by atoms with Gasteiger partial charge >= 0.3 is 0 Å². The number of nitrogens with one attached hydrogen (secondary N) is 2. The van der Waals surface area contributed by atoms with Crippen LogP contribution in [-0.2, 0) is 9.59 Å². The van der Waals surface area contributed by atoms with Crippen LogP contribution >= 0.6 is 0 Å². The van der Waals surface area contributed by atoms with E-state index in [0.717, 1.165) is 26.1 Å². The van der Waals surface area contributed by atoms with Crippen molar-refractivity contribution in [3.8, 4) is 0 Å². The van der Waals surface area contributed by atoms with E-state index < -0.39 is 0 Å². The molecule has 18 heavy (non-hydrogen) atoms. The molecule has 4 atom stereocenters. The topological polar surface area (TPSA) is 61.4 Å². The molecular formula is C13H21N3O2. The van der Waals surface area contributed by atoms with Gasteiger partial charge in [0.2, 0.25) is 11.8 Å². The Kier molecular flexibility index (Phi) is 3.01. The van der Waals surface area contributed by atoms with Gasteiger partial charge in [0.25, 0.3) is 0 Å². The number of amides is 2. The fraction of sp³-hybridized carbons (Fsp3) is 0.846. The maximum absolute atomic E-state index is 12.5. The lowest BCUT2D eigenvalue weighted by atomic mass is 9.92. The summed E-state index contributed by atoms with van der Waals surface area (Å²) in [7, 11) is 0. The van der Waals surface area contributed by atoms with Crippen LogP contribution in [0.15, 0.2) is 0 Å². The van der Waals surface area contributed by atoms with Crippen molar-refractivity contribution in [2.24, 2.45) is 17.8 Å². The molecule has 0 radical (unpaired) electrons. The number of hydrogen-bond donors (Lipinski definition) is 2. The Balaban J connectivity index is 1.72. The molecule has 2 N–H and O–H groups in total. The molecule has 3 heterocycles. The first-order chi connectivity index (χ1) is 8.70. The highest BCUT2D eigenvalue weighted by Gasteiger charge is 2.46. The van der Waals surface area contributed by atoms with Crippen molar-refractivity contribution < 1.29 is 9.59 Å². The van der Waals surface area contributed by atoms with Crippen LogP contribution in [0, 0.1) is 17.8 Å². The predicted octanol–water partition coefficient (Wildman–Crippen LogP) is -0.421. The summed E-state index contributed by atoms with van der Waals surface area (Å²) in [5.41, 5.74) is 0. The number of carbonyl (C=O) groups is 2. The highest BCUT2D eigenvalue weighted by atomic mass is 16.2. The van der Waals surface area contributed by atoms with Crippen molar-refractivity contribution in [3.05, 3.63) is 0 Å². The molecule has 4 unspecified atom stereocenters. The lowest BCUT2D eigenvalue weighted by Gasteiger charge is -2.28. The second-order valence-corrected chi connectivity index (χ2v) is 5.75. The third-order valence-corrected chi connectivity index (χ3v) is 4.75. The Morgan fingerprint density at radius 1 is 1.39 bits per heavy atom. The maximum atomic E-state index is 12.5. The minimum atomic E-state index is -0.127. The lowest BCUT2D eigenvalue weighted by Crippen LogP contribution is -2.43. The maximum Gasteiger partial charge on any atom is 0.228 e. The number of nitrogens with zero attached hydrogens (tertiary/aromatic N) is 1. The monoisotopic (exact) mass is 251 g/mol. The minimum Gasteiger partial charge on any atom is -0.355 e. The zero-order chi connectivity index (χ0) is 12.7. The van der Waals surface area contributed by atoms with Gasteiger partial charge in [-0.15, -0.1) is 0 Å². The first kappa shape index (κ1) is 12.0. The number of fused-ring (bicyclic) bond motifs is 1. The van der Waals surface area contributed by atoms with Gasteiger partial charge in [0.15, 0.2) is 0 Å². The van der Waals surface area contributed by atoms with Gasteiger partial charge in [-0.25, -0.2) is 0 Å². The summed E-state index contributed by atoms with van der Waals surface area (Å²) >= 11 is 0. The first-order valence-corrected chi connectivity index (χ1v) is 6.98. The molecule has 3 rings (SSSR count). The van der Waals surface area contributed by atoms with Crippen LogP contribution in [0.3, 0.4) is 0 Å². The summed E-state index contributed by atoms with van der Waals surface area (Å²) in [6, 6.07) is 0.369. The molecule has 0 spiro atoms. The van der Waals surface area contributed by atoms with Gasteiger partial charge in [-0.05, 0) is 18.3 Å². The van der Waals surface area contributed by atoms with Crippen LogP contribution in [0.1, 0.15) is 19.8 Å². The lowest BCUT2D eigenvalue weighted by molar-refractivity contribution is -0.137. The highest BCUT2D eigenvalue weighted by molar-refractivity contribution is 5.89. The van der Waals surface area contributed by atoms with Crippen molar-refractivity contribution >= 4 is 11.8 Å². The van der Waals surface area contributed by atoms with E-state index in [1.165, 1.54) is 0 Å². The van der Waals surface area contributed by atoms with Gasteiger partial charge in [-0.3, -0.25) is 9.59 Å². The molecule has 100 valence electrons. The third-order valence-electron chi connectivity index (χ3n) is 4.75. The SMILES string of the molecule is CCC1C2CNCC2CN1C(=O)C1CNC(=O)C1. The predicted molar refractivity (Wildman–Crippen MR) is 66.8 cm³/mol. The van der Waals surface area contributed by atoms with E-state index in [1.807, 2.05) is 0 Å². The molecule has 5 heteroatoms. The first-order valence-electron chi connectivity index (χ1n) is 6.98. The Morgan fingerprint density at radius 2 is 2.22 bits per heavy atom. The van der Waals surface area contributed by atoms with Gasteiger partial charge < -0.3 is 15.5 Å². The molecule has 2 amide bonds. The number of carbonyl (C=O) groups excluding carboxylic acids is 2. The molecule has 0 bridgehead atoms. The van der Waals surface area contributed by atoms with E-state index >= 15 is 0 Å². The van der Waals surface area contributed by atoms with E-state index in [-0.39, 0.29) is 17.7 Å². The van der Waals surface area contributed by atoms with Crippen LogP contribution in [0.5, 0.6) is 0 Å². The van der Waals surface area contributed by atoms with E-state index in [1.54, 1.807) is 0 Å². The molecule has 5 nitrogen and oxygen atoms in total. The summed E-state index contributed by atoms with van der Waals surface area (Å²) in [6.07, 6.45) is 1.39. The van der Waals surface area contributed by atoms with Gasteiger partial charge in [0.05, 0.1) is 5.92 Å². The number of hydrogen-bond acceptors (Lipinski definition) is 3. The molecule has 3 saturated heterocycles. The number of likely N-dealkylation sites (tertiary alicyclic amines) is 1. The molecule has 0 aliphatic carbocycles. The molecule has 3 aliphatic heterocycles. The van der Waals surface area contributed by atoms with Crippen molar-refractivity contribution in [2.75, 3.05) is 26.2 Å². The van der Waals surface area contributed by atoms with E-state index in [0.29, 0.717) is 30.8 Å². The highest BCUT2D eigenvalue weighted by Crippen LogP contribution is 2.35. The standard InChI is InChI=1S/C13H21N3O2/c1-2-11-10-6-14-4-9(10)7-16(11)13(18)8-3-12(17)15-5-8/h8-11,14H,2-7H2,1H3,(H,15,17). The van der Waals surface area contributed by atoms with Gasteiger partial charge in [-0.1, -0.05) is 6.92 Å². The summed E-state index contributed by atoms with van der Waals surface area (Å²) in [5, 5.41) is 6.18. The largest absolute Gasteiger partial charge is 0.355 e. The second-order valence-electron chi connectivity index (χ2n) is 5.75. The third kappa shape index (κ3) is 1.81. The Hall–Kier alpha value is -1.10. The Bertz CT molecular complexity index is 371. The second kappa shape index (κ2) is 4.53. The summed E-state index contributed by atoms with van der Waals surface area (Å²) in [6.45, 7) is 5.63. The van der Waals surface area contributed by atoms with Gasteiger partial charge in [0, 0.05) is 38.6 Å². The molecule has 3 fully saturated rings. The van der Waals surface area contributed by atoms with Gasteiger partial charge in [0.1, 0.15) is 0 Å². The van der Waals surface area contributed by atoms with E-state index in [9.17, 15) is 9.59 Å². The van der Waals surface area contributed by atoms with E-state index in [4.69, 9.17) is 0 Å². The average Bonchev–Trinajstić information content (AvgIpc) is 3.01. The molecule has 0 aromatic heterocycles. The molecule has 0 aromatic rings. The zero-order valence-electron chi connectivity index (χ0n) is 10.8. The van der Waals surface area contributed by atoms with Gasteiger partial charge in [-0.2, -0.15) is 0 Å². The van der Waals surface area contributed by atoms with Crippen LogP contribution in [0.2, 0.25) is 0 Å².